The standard InChI is InChI=1S/C19H19N5O4S/c1-8-2-3-12(27-8)13-11(6-20)16(23-7-9-4-10(25)5-9)24-17-14(13)15(21)18(29-17)28-19(22)26/h2-3,9-10,25H,4-5,7,21H2,1H3,(H2,22,26)(H,23,24). The van der Waals surface area contributed by atoms with Gasteiger partial charge in [-0.05, 0) is 37.8 Å². The summed E-state index contributed by atoms with van der Waals surface area (Å²) < 4.78 is 10.8. The van der Waals surface area contributed by atoms with Gasteiger partial charge in [-0.1, -0.05) is 11.3 Å². The average Bonchev–Trinajstić information content (AvgIpc) is 3.20. The normalized spacial score (nSPS) is 18.2. The molecule has 1 saturated carbocycles. The number of carbonyl (C=O) groups is 1. The van der Waals surface area contributed by atoms with Crippen LogP contribution in [0.25, 0.3) is 21.5 Å². The molecular formula is C19H19N5O4S. The maximum Gasteiger partial charge on any atom is 0.410 e. The number of nitrogens with zero attached hydrogens (tertiary/aromatic N) is 2. The first-order valence-corrected chi connectivity index (χ1v) is 9.81. The van der Waals surface area contributed by atoms with Crippen LogP contribution < -0.4 is 21.5 Å². The van der Waals surface area contributed by atoms with E-state index in [-0.39, 0.29) is 22.4 Å². The average molecular weight is 413 g/mol. The summed E-state index contributed by atoms with van der Waals surface area (Å²) in [7, 11) is 0. The van der Waals surface area contributed by atoms with Gasteiger partial charge >= 0.3 is 6.09 Å². The van der Waals surface area contributed by atoms with Gasteiger partial charge in [0.1, 0.15) is 33.8 Å². The molecule has 1 amide bonds. The number of primary amides is 1. The quantitative estimate of drug-likeness (QED) is 0.496. The predicted octanol–water partition coefficient (Wildman–Crippen LogP) is 2.96. The lowest BCUT2D eigenvalue weighted by Gasteiger charge is -2.31. The molecule has 0 saturated heterocycles. The van der Waals surface area contributed by atoms with Crippen LogP contribution in [0.4, 0.5) is 16.3 Å². The summed E-state index contributed by atoms with van der Waals surface area (Å²) >= 11 is 1.07. The Labute approximate surface area is 169 Å². The summed E-state index contributed by atoms with van der Waals surface area (Å²) in [6.07, 6.45) is 0.175. The molecule has 1 aliphatic carbocycles. The Morgan fingerprint density at radius 2 is 2.28 bits per heavy atom. The minimum absolute atomic E-state index is 0.118. The van der Waals surface area contributed by atoms with Crippen LogP contribution in [0.1, 0.15) is 24.2 Å². The maximum absolute atomic E-state index is 11.2. The molecule has 0 spiro atoms. The number of anilines is 2. The number of nitrogens with one attached hydrogen (secondary N) is 1. The Kier molecular flexibility index (Phi) is 4.77. The van der Waals surface area contributed by atoms with Crippen molar-refractivity contribution in [2.45, 2.75) is 25.9 Å². The van der Waals surface area contributed by atoms with Gasteiger partial charge in [-0.3, -0.25) is 0 Å². The highest BCUT2D eigenvalue weighted by Crippen LogP contribution is 2.47. The number of carbonyl (C=O) groups excluding carboxylic acids is 1. The minimum atomic E-state index is -0.985. The van der Waals surface area contributed by atoms with Crippen LogP contribution in [0.2, 0.25) is 0 Å². The number of hydrogen-bond donors (Lipinski definition) is 4. The van der Waals surface area contributed by atoms with Crippen molar-refractivity contribution in [3.63, 3.8) is 0 Å². The lowest BCUT2D eigenvalue weighted by Crippen LogP contribution is -2.33. The SMILES string of the molecule is Cc1ccc(-c2c(C#N)c(NCC3CC(O)C3)nc3sc(OC(N)=O)c(N)c23)o1. The number of ether oxygens (including phenoxy) is 1. The van der Waals surface area contributed by atoms with Crippen molar-refractivity contribution in [3.8, 4) is 22.5 Å². The number of aryl methyl sites for hydroxylation is 1. The van der Waals surface area contributed by atoms with Gasteiger partial charge in [0.2, 0.25) is 5.06 Å². The fraction of sp³-hybridized carbons (Fsp3) is 0.316. The number of amides is 1. The third-order valence-corrected chi connectivity index (χ3v) is 5.88. The van der Waals surface area contributed by atoms with Gasteiger partial charge in [-0.25, -0.2) is 9.78 Å². The number of nitriles is 1. The molecule has 1 aliphatic rings. The molecule has 0 aromatic carbocycles. The van der Waals surface area contributed by atoms with Gasteiger partial charge in [0, 0.05) is 6.54 Å². The lowest BCUT2D eigenvalue weighted by molar-refractivity contribution is 0.0486. The van der Waals surface area contributed by atoms with E-state index in [0.29, 0.717) is 58.4 Å². The molecule has 1 fully saturated rings. The number of pyridine rings is 1. The molecule has 3 aromatic rings. The van der Waals surface area contributed by atoms with Gasteiger partial charge in [0.05, 0.1) is 22.7 Å². The zero-order valence-corrected chi connectivity index (χ0v) is 16.4. The van der Waals surface area contributed by atoms with Crippen LogP contribution in [-0.4, -0.2) is 28.8 Å². The monoisotopic (exact) mass is 413 g/mol. The van der Waals surface area contributed by atoms with Gasteiger partial charge < -0.3 is 31.0 Å². The first-order valence-electron chi connectivity index (χ1n) is 8.99. The smallest absolute Gasteiger partial charge is 0.410 e. The maximum atomic E-state index is 11.2. The van der Waals surface area contributed by atoms with E-state index in [1.54, 1.807) is 19.1 Å². The van der Waals surface area contributed by atoms with Crippen LogP contribution in [0.15, 0.2) is 16.5 Å². The summed E-state index contributed by atoms with van der Waals surface area (Å²) in [6.45, 7) is 2.37. The number of aromatic nitrogens is 1. The Morgan fingerprint density at radius 1 is 1.52 bits per heavy atom. The van der Waals surface area contributed by atoms with Gasteiger partial charge in [-0.2, -0.15) is 5.26 Å². The Balaban J connectivity index is 1.87. The molecule has 10 heteroatoms. The third-order valence-electron chi connectivity index (χ3n) is 4.90. The first kappa shape index (κ1) is 19.0. The molecule has 0 bridgehead atoms. The molecule has 0 radical (unpaired) electrons. The fourth-order valence-corrected chi connectivity index (χ4v) is 4.42. The second kappa shape index (κ2) is 7.27. The van der Waals surface area contributed by atoms with E-state index in [0.717, 1.165) is 11.3 Å². The summed E-state index contributed by atoms with van der Waals surface area (Å²) in [4.78, 5) is 16.2. The van der Waals surface area contributed by atoms with Crippen molar-refractivity contribution >= 4 is 39.2 Å². The molecular weight excluding hydrogens is 394 g/mol. The summed E-state index contributed by atoms with van der Waals surface area (Å²) in [5.74, 6) is 1.83. The van der Waals surface area contributed by atoms with Crippen LogP contribution in [0.5, 0.6) is 5.06 Å². The molecule has 0 aliphatic heterocycles. The Morgan fingerprint density at radius 3 is 2.86 bits per heavy atom. The Bertz CT molecular complexity index is 1140. The van der Waals surface area contributed by atoms with E-state index in [9.17, 15) is 15.2 Å². The van der Waals surface area contributed by atoms with E-state index in [2.05, 4.69) is 16.4 Å². The topological polar surface area (TPSA) is 160 Å². The number of nitrogen functional groups attached to an aromatic ring is 1. The summed E-state index contributed by atoms with van der Waals surface area (Å²) in [5.41, 5.74) is 12.3. The second-order valence-corrected chi connectivity index (χ2v) is 7.97. The molecule has 3 heterocycles. The van der Waals surface area contributed by atoms with Crippen molar-refractivity contribution in [2.24, 2.45) is 11.7 Å². The zero-order chi connectivity index (χ0) is 20.7. The van der Waals surface area contributed by atoms with Crippen molar-refractivity contribution in [2.75, 3.05) is 17.6 Å². The molecule has 29 heavy (non-hydrogen) atoms. The number of aliphatic hydroxyl groups excluding tert-OH is 1. The number of nitrogens with two attached hydrogens (primary N) is 2. The molecule has 150 valence electrons. The van der Waals surface area contributed by atoms with Gasteiger partial charge in [0.25, 0.3) is 0 Å². The van der Waals surface area contributed by atoms with Gasteiger partial charge in [0.15, 0.2) is 0 Å². The second-order valence-electron chi connectivity index (χ2n) is 7.01. The molecule has 0 atom stereocenters. The number of aliphatic hydroxyl groups is 1. The van der Waals surface area contributed by atoms with Crippen molar-refractivity contribution in [3.05, 3.63) is 23.5 Å². The lowest BCUT2D eigenvalue weighted by atomic mass is 9.82. The molecule has 0 unspecified atom stereocenters. The number of furan rings is 1. The largest absolute Gasteiger partial charge is 0.461 e. The number of hydrogen-bond acceptors (Lipinski definition) is 9. The molecule has 4 rings (SSSR count). The van der Waals surface area contributed by atoms with Crippen molar-refractivity contribution < 1.29 is 19.1 Å². The predicted molar refractivity (Wildman–Crippen MR) is 109 cm³/mol. The van der Waals surface area contributed by atoms with E-state index in [4.69, 9.17) is 20.6 Å². The van der Waals surface area contributed by atoms with E-state index in [1.807, 2.05) is 0 Å². The van der Waals surface area contributed by atoms with Crippen LogP contribution in [0.3, 0.4) is 0 Å². The molecule has 9 nitrogen and oxygen atoms in total. The third kappa shape index (κ3) is 3.46. The number of fused-ring (bicyclic) bond motifs is 1. The van der Waals surface area contributed by atoms with Crippen molar-refractivity contribution in [1.29, 1.82) is 5.26 Å². The number of thiophene rings is 1. The van der Waals surface area contributed by atoms with Gasteiger partial charge in [-0.15, -0.1) is 0 Å². The van der Waals surface area contributed by atoms with Crippen molar-refractivity contribution in [1.82, 2.24) is 4.98 Å². The van der Waals surface area contributed by atoms with Crippen LogP contribution in [-0.2, 0) is 0 Å². The van der Waals surface area contributed by atoms with E-state index >= 15 is 0 Å². The highest BCUT2D eigenvalue weighted by Gasteiger charge is 2.29. The fourth-order valence-electron chi connectivity index (χ4n) is 3.46. The van der Waals surface area contributed by atoms with Crippen LogP contribution >= 0.6 is 11.3 Å². The van der Waals surface area contributed by atoms with E-state index in [1.165, 1.54) is 0 Å². The van der Waals surface area contributed by atoms with Crippen LogP contribution in [0, 0.1) is 24.2 Å². The highest BCUT2D eigenvalue weighted by molar-refractivity contribution is 7.21. The molecule has 6 N–H and O–H groups in total. The Hall–Kier alpha value is -3.29. The summed E-state index contributed by atoms with van der Waals surface area (Å²) in [5, 5.41) is 23.2. The number of rotatable bonds is 5. The highest BCUT2D eigenvalue weighted by atomic mass is 32.1. The zero-order valence-electron chi connectivity index (χ0n) is 15.6. The van der Waals surface area contributed by atoms with E-state index < -0.39 is 6.09 Å². The minimum Gasteiger partial charge on any atom is -0.461 e. The molecule has 3 aromatic heterocycles. The first-order chi connectivity index (χ1) is 13.9. The summed E-state index contributed by atoms with van der Waals surface area (Å²) in [6, 6.07) is 5.73.